The highest BCUT2D eigenvalue weighted by molar-refractivity contribution is 6.03. The second kappa shape index (κ2) is 10.8. The standard InChI is InChI=1S/C29H28F4N6O/c30-23-7-6-21(28(35,11-8-18-4-5-18)20-9-12-36-13-10-20)15-24(23)37-27(40)25-16-26(29(31,32)33)38-39(25)22-3-1-2-19(14-22)17-34/h1-3,6-7,9-10,12-16,18H,4-5,8,11,17,34-35H2,(H,37,40). The van der Waals surface area contributed by atoms with Crippen molar-refractivity contribution in [3.8, 4) is 5.69 Å². The number of nitrogens with zero attached hydrogens (tertiary/aromatic N) is 3. The molecule has 40 heavy (non-hydrogen) atoms. The Bertz CT molecular complexity index is 1520. The molecule has 2 aromatic carbocycles. The van der Waals surface area contributed by atoms with Crippen LogP contribution in [0.2, 0.25) is 0 Å². The Morgan fingerprint density at radius 1 is 1.02 bits per heavy atom. The quantitative estimate of drug-likeness (QED) is 0.237. The molecule has 1 fully saturated rings. The number of carbonyl (C=O) groups is 1. The van der Waals surface area contributed by atoms with E-state index in [1.807, 2.05) is 0 Å². The van der Waals surface area contributed by atoms with E-state index < -0.39 is 34.8 Å². The van der Waals surface area contributed by atoms with Gasteiger partial charge in [-0.3, -0.25) is 9.78 Å². The third kappa shape index (κ3) is 5.75. The molecule has 1 atom stereocenters. The Morgan fingerprint density at radius 2 is 1.77 bits per heavy atom. The van der Waals surface area contributed by atoms with Crippen molar-refractivity contribution < 1.29 is 22.4 Å². The fraction of sp³-hybridized carbons (Fsp3) is 0.276. The molecule has 1 saturated carbocycles. The van der Waals surface area contributed by atoms with Crippen LogP contribution in [0.1, 0.15) is 58.6 Å². The fourth-order valence-electron chi connectivity index (χ4n) is 4.72. The van der Waals surface area contributed by atoms with E-state index in [1.165, 1.54) is 24.3 Å². The average molecular weight is 553 g/mol. The summed E-state index contributed by atoms with van der Waals surface area (Å²) in [5.74, 6) is -1.14. The minimum absolute atomic E-state index is 0.139. The Labute approximate surface area is 228 Å². The number of benzene rings is 2. The number of hydrogen-bond acceptors (Lipinski definition) is 5. The van der Waals surface area contributed by atoms with E-state index in [0.717, 1.165) is 29.5 Å². The molecule has 4 aromatic rings. The van der Waals surface area contributed by atoms with Crippen LogP contribution in [0.15, 0.2) is 73.1 Å². The first-order valence-electron chi connectivity index (χ1n) is 12.9. The minimum Gasteiger partial charge on any atom is -0.326 e. The zero-order chi connectivity index (χ0) is 28.5. The van der Waals surface area contributed by atoms with Crippen molar-refractivity contribution >= 4 is 11.6 Å². The predicted octanol–water partition coefficient (Wildman–Crippen LogP) is 5.53. The van der Waals surface area contributed by atoms with Crippen molar-refractivity contribution in [2.75, 3.05) is 5.32 Å². The molecule has 1 amide bonds. The maximum atomic E-state index is 15.0. The van der Waals surface area contributed by atoms with Gasteiger partial charge in [0.2, 0.25) is 0 Å². The Balaban J connectivity index is 1.51. The summed E-state index contributed by atoms with van der Waals surface area (Å²) in [6.45, 7) is 0.139. The molecule has 0 radical (unpaired) electrons. The monoisotopic (exact) mass is 552 g/mol. The zero-order valence-electron chi connectivity index (χ0n) is 21.5. The van der Waals surface area contributed by atoms with E-state index >= 15 is 0 Å². The zero-order valence-corrected chi connectivity index (χ0v) is 21.5. The molecule has 0 spiro atoms. The summed E-state index contributed by atoms with van der Waals surface area (Å²) in [6, 6.07) is 14.7. The van der Waals surface area contributed by atoms with Crippen LogP contribution in [0.25, 0.3) is 5.69 Å². The molecule has 2 aromatic heterocycles. The summed E-state index contributed by atoms with van der Waals surface area (Å²) in [6.07, 6.45) is 2.18. The van der Waals surface area contributed by atoms with Crippen molar-refractivity contribution in [1.82, 2.24) is 14.8 Å². The molecule has 11 heteroatoms. The summed E-state index contributed by atoms with van der Waals surface area (Å²) in [7, 11) is 0. The number of rotatable bonds is 9. The van der Waals surface area contributed by atoms with E-state index in [2.05, 4.69) is 15.4 Å². The van der Waals surface area contributed by atoms with E-state index in [4.69, 9.17) is 11.5 Å². The van der Waals surface area contributed by atoms with E-state index in [9.17, 15) is 22.4 Å². The molecule has 1 aliphatic carbocycles. The molecule has 0 bridgehead atoms. The molecule has 1 unspecified atom stereocenters. The second-order valence-electron chi connectivity index (χ2n) is 10.0. The van der Waals surface area contributed by atoms with Gasteiger partial charge in [-0.1, -0.05) is 31.0 Å². The third-order valence-corrected chi connectivity index (χ3v) is 7.19. The molecule has 5 N–H and O–H groups in total. The van der Waals surface area contributed by atoms with Gasteiger partial charge in [-0.05, 0) is 71.8 Å². The molecule has 208 valence electrons. The van der Waals surface area contributed by atoms with Gasteiger partial charge in [0.25, 0.3) is 5.91 Å². The van der Waals surface area contributed by atoms with E-state index in [1.54, 1.807) is 42.7 Å². The topological polar surface area (TPSA) is 112 Å². The average Bonchev–Trinajstić information content (AvgIpc) is 3.67. The van der Waals surface area contributed by atoms with Gasteiger partial charge in [0, 0.05) is 25.0 Å². The van der Waals surface area contributed by atoms with Crippen molar-refractivity contribution in [2.45, 2.75) is 43.9 Å². The summed E-state index contributed by atoms with van der Waals surface area (Å²) >= 11 is 0. The lowest BCUT2D eigenvalue weighted by molar-refractivity contribution is -0.141. The van der Waals surface area contributed by atoms with Crippen molar-refractivity contribution in [3.63, 3.8) is 0 Å². The summed E-state index contributed by atoms with van der Waals surface area (Å²) in [4.78, 5) is 17.4. The van der Waals surface area contributed by atoms with Crippen LogP contribution in [-0.2, 0) is 18.3 Å². The molecule has 2 heterocycles. The van der Waals surface area contributed by atoms with Crippen LogP contribution < -0.4 is 16.8 Å². The first kappa shape index (κ1) is 27.5. The lowest BCUT2D eigenvalue weighted by Crippen LogP contribution is -2.38. The molecule has 0 saturated heterocycles. The third-order valence-electron chi connectivity index (χ3n) is 7.19. The second-order valence-corrected chi connectivity index (χ2v) is 10.0. The maximum absolute atomic E-state index is 15.0. The molecule has 1 aliphatic rings. The van der Waals surface area contributed by atoms with Gasteiger partial charge in [0.1, 0.15) is 11.5 Å². The smallest absolute Gasteiger partial charge is 0.326 e. The Kier molecular flexibility index (Phi) is 7.43. The normalized spacial score (nSPS) is 15.1. The van der Waals surface area contributed by atoms with Gasteiger partial charge in [-0.15, -0.1) is 0 Å². The van der Waals surface area contributed by atoms with Crippen LogP contribution in [0.3, 0.4) is 0 Å². The van der Waals surface area contributed by atoms with Gasteiger partial charge in [-0.2, -0.15) is 18.3 Å². The molecular weight excluding hydrogens is 524 g/mol. The number of alkyl halides is 3. The van der Waals surface area contributed by atoms with Gasteiger partial charge in [0.15, 0.2) is 5.69 Å². The van der Waals surface area contributed by atoms with Crippen LogP contribution in [0.4, 0.5) is 23.2 Å². The number of anilines is 1. The Hall–Kier alpha value is -4.09. The number of halogens is 4. The number of carbonyl (C=O) groups excluding carboxylic acids is 1. The van der Waals surface area contributed by atoms with Crippen LogP contribution in [0.5, 0.6) is 0 Å². The predicted molar refractivity (Wildman–Crippen MR) is 142 cm³/mol. The van der Waals surface area contributed by atoms with Gasteiger partial charge >= 0.3 is 6.18 Å². The van der Waals surface area contributed by atoms with Gasteiger partial charge in [0.05, 0.1) is 16.9 Å². The first-order chi connectivity index (χ1) is 19.1. The maximum Gasteiger partial charge on any atom is 0.435 e. The SMILES string of the molecule is NCc1cccc(-n2nc(C(F)(F)F)cc2C(=O)Nc2cc(C(N)(CCC3CC3)c3ccncc3)ccc2F)c1. The molecule has 0 aliphatic heterocycles. The van der Waals surface area contributed by atoms with Crippen LogP contribution >= 0.6 is 0 Å². The van der Waals surface area contributed by atoms with Gasteiger partial charge < -0.3 is 16.8 Å². The summed E-state index contributed by atoms with van der Waals surface area (Å²) in [5, 5.41) is 6.06. The minimum atomic E-state index is -4.80. The molecular formula is C29H28F4N6O. The summed E-state index contributed by atoms with van der Waals surface area (Å²) < 4.78 is 56.6. The highest BCUT2D eigenvalue weighted by Crippen LogP contribution is 2.40. The number of pyridine rings is 1. The molecule has 7 nitrogen and oxygen atoms in total. The van der Waals surface area contributed by atoms with E-state index in [0.29, 0.717) is 29.5 Å². The highest BCUT2D eigenvalue weighted by Gasteiger charge is 2.37. The van der Waals surface area contributed by atoms with Gasteiger partial charge in [-0.25, -0.2) is 9.07 Å². The number of aromatic nitrogens is 3. The number of nitrogens with two attached hydrogens (primary N) is 2. The van der Waals surface area contributed by atoms with E-state index in [-0.39, 0.29) is 17.9 Å². The number of nitrogens with one attached hydrogen (secondary N) is 1. The summed E-state index contributed by atoms with van der Waals surface area (Å²) in [5.41, 5.74) is 11.9. The number of amides is 1. The van der Waals surface area contributed by atoms with Crippen molar-refractivity contribution in [1.29, 1.82) is 0 Å². The molecule has 5 rings (SSSR count). The lowest BCUT2D eigenvalue weighted by Gasteiger charge is -2.31. The van der Waals surface area contributed by atoms with Crippen LogP contribution in [0, 0.1) is 11.7 Å². The largest absolute Gasteiger partial charge is 0.435 e. The first-order valence-corrected chi connectivity index (χ1v) is 12.9. The number of hydrogen-bond donors (Lipinski definition) is 3. The van der Waals surface area contributed by atoms with Crippen LogP contribution in [-0.4, -0.2) is 20.7 Å². The Morgan fingerprint density at radius 3 is 2.45 bits per heavy atom. The highest BCUT2D eigenvalue weighted by atomic mass is 19.4. The van der Waals surface area contributed by atoms with Crippen molar-refractivity contribution in [3.05, 3.63) is 107 Å². The fourth-order valence-corrected chi connectivity index (χ4v) is 4.72. The lowest BCUT2D eigenvalue weighted by atomic mass is 9.79. The van der Waals surface area contributed by atoms with Crippen molar-refractivity contribution in [2.24, 2.45) is 17.4 Å².